The Hall–Kier alpha value is -1.93. The van der Waals surface area contributed by atoms with Crippen molar-refractivity contribution in [3.8, 4) is 0 Å². The molecule has 1 aliphatic rings. The lowest BCUT2D eigenvalue weighted by atomic mass is 10.0. The van der Waals surface area contributed by atoms with Crippen LogP contribution in [-0.4, -0.2) is 33.3 Å². The maximum atomic E-state index is 12.9. The molecule has 1 N–H and O–H groups in total. The molecular weight excluding hydrogens is 383 g/mol. The minimum Gasteiger partial charge on any atom is -0.356 e. The molecule has 144 valence electrons. The van der Waals surface area contributed by atoms with Crippen molar-refractivity contribution in [3.05, 3.63) is 47.4 Å². The number of anilines is 1. The topological polar surface area (TPSA) is 58.1 Å². The molecule has 0 aliphatic heterocycles. The third kappa shape index (κ3) is 5.77. The Kier molecular flexibility index (Phi) is 7.23. The summed E-state index contributed by atoms with van der Waals surface area (Å²) < 4.78 is 13.7. The van der Waals surface area contributed by atoms with E-state index in [2.05, 4.69) is 21.6 Å². The van der Waals surface area contributed by atoms with Crippen molar-refractivity contribution in [2.24, 2.45) is 0 Å². The van der Waals surface area contributed by atoms with Gasteiger partial charge in [-0.05, 0) is 50.3 Å². The van der Waals surface area contributed by atoms with E-state index in [9.17, 15) is 9.18 Å². The van der Waals surface area contributed by atoms with E-state index >= 15 is 0 Å². The molecule has 0 atom stereocenters. The minimum atomic E-state index is -0.247. The normalized spacial score (nSPS) is 13.9. The van der Waals surface area contributed by atoms with Crippen LogP contribution < -0.4 is 5.32 Å². The van der Waals surface area contributed by atoms with Crippen LogP contribution in [0.25, 0.3) is 0 Å². The predicted octanol–water partition coefficient (Wildman–Crippen LogP) is 4.69. The molecule has 1 heterocycles. The number of hydrogen-bond donors (Lipinski definition) is 1. The van der Waals surface area contributed by atoms with Gasteiger partial charge in [-0.15, -0.1) is 10.2 Å². The van der Waals surface area contributed by atoms with E-state index in [0.29, 0.717) is 24.0 Å². The number of rotatable bonds is 8. The summed E-state index contributed by atoms with van der Waals surface area (Å²) in [4.78, 5) is 14.5. The highest BCUT2D eigenvalue weighted by Crippen LogP contribution is 2.27. The van der Waals surface area contributed by atoms with E-state index < -0.39 is 0 Å². The average molecular weight is 407 g/mol. The average Bonchev–Trinajstić information content (AvgIpc) is 3.15. The Morgan fingerprint density at radius 3 is 2.81 bits per heavy atom. The minimum absolute atomic E-state index is 0.117. The van der Waals surface area contributed by atoms with Crippen LogP contribution in [0.3, 0.4) is 0 Å². The Balaban J connectivity index is 1.49. The summed E-state index contributed by atoms with van der Waals surface area (Å²) >= 11 is 2.84. The molecule has 1 amide bonds. The first kappa shape index (κ1) is 19.8. The number of allylic oxidation sites excluding steroid dienone is 2. The van der Waals surface area contributed by atoms with Crippen LogP contribution in [0.15, 0.2) is 40.4 Å². The van der Waals surface area contributed by atoms with Crippen LogP contribution in [0.5, 0.6) is 0 Å². The second kappa shape index (κ2) is 9.85. The predicted molar refractivity (Wildman–Crippen MR) is 108 cm³/mol. The van der Waals surface area contributed by atoms with Crippen molar-refractivity contribution >= 4 is 34.1 Å². The lowest BCUT2D eigenvalue weighted by Gasteiger charge is -2.26. The van der Waals surface area contributed by atoms with E-state index in [-0.39, 0.29) is 11.7 Å². The van der Waals surface area contributed by atoms with Gasteiger partial charge in [-0.3, -0.25) is 4.79 Å². The number of nitrogens with zero attached hydrogens (tertiary/aromatic N) is 3. The zero-order valence-electron chi connectivity index (χ0n) is 15.3. The molecule has 2 aromatic rings. The number of halogens is 1. The van der Waals surface area contributed by atoms with E-state index in [1.807, 2.05) is 11.8 Å². The molecule has 0 spiro atoms. The third-order valence-corrected chi connectivity index (χ3v) is 6.31. The van der Waals surface area contributed by atoms with Crippen molar-refractivity contribution in [2.75, 3.05) is 17.6 Å². The number of thioether (sulfide) groups is 1. The lowest BCUT2D eigenvalue weighted by Crippen LogP contribution is -2.32. The Bertz CT molecular complexity index is 791. The van der Waals surface area contributed by atoms with Crippen LogP contribution in [0.2, 0.25) is 0 Å². The van der Waals surface area contributed by atoms with Gasteiger partial charge in [0.1, 0.15) is 5.82 Å². The first-order valence-corrected chi connectivity index (χ1v) is 10.9. The first-order chi connectivity index (χ1) is 13.2. The molecule has 5 nitrogen and oxygen atoms in total. The maximum absolute atomic E-state index is 12.9. The number of aromatic nitrogens is 2. The SMILES string of the molecule is CCN(C(=O)CSc1nnc(NCc2ccc(F)cc2)s1)C1=CCCCC1. The molecule has 0 bridgehead atoms. The highest BCUT2D eigenvalue weighted by Gasteiger charge is 2.18. The summed E-state index contributed by atoms with van der Waals surface area (Å²) in [6.45, 7) is 3.27. The smallest absolute Gasteiger partial charge is 0.237 e. The van der Waals surface area contributed by atoms with E-state index in [0.717, 1.165) is 34.9 Å². The number of nitrogens with one attached hydrogen (secondary N) is 1. The quantitative estimate of drug-likeness (QED) is 0.645. The van der Waals surface area contributed by atoms with E-state index in [1.54, 1.807) is 12.1 Å². The van der Waals surface area contributed by atoms with Gasteiger partial charge in [0.05, 0.1) is 5.75 Å². The summed E-state index contributed by atoms with van der Waals surface area (Å²) in [5, 5.41) is 12.1. The largest absolute Gasteiger partial charge is 0.356 e. The number of hydrogen-bond acceptors (Lipinski definition) is 6. The molecule has 1 aromatic heterocycles. The molecule has 27 heavy (non-hydrogen) atoms. The highest BCUT2D eigenvalue weighted by atomic mass is 32.2. The Labute approximate surface area is 167 Å². The summed E-state index contributed by atoms with van der Waals surface area (Å²) in [5.41, 5.74) is 2.13. The van der Waals surface area contributed by atoms with Gasteiger partial charge in [0.25, 0.3) is 0 Å². The monoisotopic (exact) mass is 406 g/mol. The van der Waals surface area contributed by atoms with Crippen molar-refractivity contribution in [3.63, 3.8) is 0 Å². The fraction of sp³-hybridized carbons (Fsp3) is 0.421. The molecule has 0 saturated heterocycles. The summed E-state index contributed by atoms with van der Waals surface area (Å²) in [7, 11) is 0. The second-order valence-corrected chi connectivity index (χ2v) is 8.42. The van der Waals surface area contributed by atoms with Gasteiger partial charge in [0, 0.05) is 18.8 Å². The molecule has 1 aliphatic carbocycles. The molecular formula is C19H23FN4OS2. The van der Waals surface area contributed by atoms with Gasteiger partial charge in [-0.25, -0.2) is 4.39 Å². The molecule has 1 aromatic carbocycles. The standard InChI is InChI=1S/C19H23FN4OS2/c1-2-24(16-6-4-3-5-7-16)17(25)13-26-19-23-22-18(27-19)21-12-14-8-10-15(20)11-9-14/h6,8-11H,2-5,7,12-13H2,1H3,(H,21,22). The molecule has 0 radical (unpaired) electrons. The molecule has 8 heteroatoms. The van der Waals surface area contributed by atoms with Gasteiger partial charge in [-0.1, -0.05) is 41.3 Å². The Morgan fingerprint density at radius 1 is 1.30 bits per heavy atom. The molecule has 0 saturated carbocycles. The van der Waals surface area contributed by atoms with Gasteiger partial charge in [0.2, 0.25) is 11.0 Å². The summed E-state index contributed by atoms with van der Waals surface area (Å²) in [6.07, 6.45) is 6.61. The van der Waals surface area contributed by atoms with Gasteiger partial charge < -0.3 is 10.2 Å². The second-order valence-electron chi connectivity index (χ2n) is 6.22. The number of benzene rings is 1. The van der Waals surface area contributed by atoms with Crippen LogP contribution >= 0.6 is 23.1 Å². The zero-order chi connectivity index (χ0) is 19.1. The highest BCUT2D eigenvalue weighted by molar-refractivity contribution is 8.01. The van der Waals surface area contributed by atoms with Gasteiger partial charge >= 0.3 is 0 Å². The third-order valence-electron chi connectivity index (χ3n) is 4.31. The van der Waals surface area contributed by atoms with Crippen molar-refractivity contribution < 1.29 is 9.18 Å². The summed E-state index contributed by atoms with van der Waals surface area (Å²) in [6, 6.07) is 6.34. The van der Waals surface area contributed by atoms with Crippen LogP contribution in [0, 0.1) is 5.82 Å². The first-order valence-electron chi connectivity index (χ1n) is 9.09. The fourth-order valence-corrected chi connectivity index (χ4v) is 4.55. The number of carbonyl (C=O) groups excluding carboxylic acids is 1. The van der Waals surface area contributed by atoms with Gasteiger partial charge in [0.15, 0.2) is 4.34 Å². The number of carbonyl (C=O) groups is 1. The van der Waals surface area contributed by atoms with Crippen molar-refractivity contribution in [1.29, 1.82) is 0 Å². The van der Waals surface area contributed by atoms with Crippen molar-refractivity contribution in [2.45, 2.75) is 43.5 Å². The molecule has 0 fully saturated rings. The molecule has 3 rings (SSSR count). The zero-order valence-corrected chi connectivity index (χ0v) is 16.9. The van der Waals surface area contributed by atoms with Crippen LogP contribution in [0.1, 0.15) is 38.2 Å². The molecule has 0 unspecified atom stereocenters. The summed E-state index contributed by atoms with van der Waals surface area (Å²) in [5.74, 6) is 0.229. The van der Waals surface area contributed by atoms with Crippen LogP contribution in [0.4, 0.5) is 9.52 Å². The maximum Gasteiger partial charge on any atom is 0.237 e. The van der Waals surface area contributed by atoms with E-state index in [4.69, 9.17) is 0 Å². The lowest BCUT2D eigenvalue weighted by molar-refractivity contribution is -0.126. The number of amides is 1. The van der Waals surface area contributed by atoms with Crippen molar-refractivity contribution in [1.82, 2.24) is 15.1 Å². The van der Waals surface area contributed by atoms with E-state index in [1.165, 1.54) is 41.7 Å². The van der Waals surface area contributed by atoms with Crippen LogP contribution in [-0.2, 0) is 11.3 Å². The Morgan fingerprint density at radius 2 is 2.11 bits per heavy atom. The van der Waals surface area contributed by atoms with Gasteiger partial charge in [-0.2, -0.15) is 0 Å². The fourth-order valence-electron chi connectivity index (χ4n) is 2.93.